The molecule has 0 fully saturated rings. The molecule has 0 amide bonds. The molecule has 25 heavy (non-hydrogen) atoms. The highest BCUT2D eigenvalue weighted by Crippen LogP contribution is 2.39. The topological polar surface area (TPSA) is 85.4 Å². The van der Waals surface area contributed by atoms with E-state index < -0.39 is 0 Å². The van der Waals surface area contributed by atoms with Gasteiger partial charge in [-0.15, -0.1) is 0 Å². The second-order valence-corrected chi connectivity index (χ2v) is 5.79. The van der Waals surface area contributed by atoms with Crippen molar-refractivity contribution in [2.75, 3.05) is 18.2 Å². The van der Waals surface area contributed by atoms with E-state index in [4.69, 9.17) is 15.5 Å². The molecular formula is C19H17N5O. The van der Waals surface area contributed by atoms with Gasteiger partial charge in [0.2, 0.25) is 11.8 Å². The van der Waals surface area contributed by atoms with Crippen LogP contribution in [0, 0.1) is 6.92 Å². The van der Waals surface area contributed by atoms with Crippen LogP contribution in [-0.4, -0.2) is 22.8 Å². The number of anilines is 3. The first-order chi connectivity index (χ1) is 12.2. The maximum atomic E-state index is 5.80. The zero-order chi connectivity index (χ0) is 17.4. The van der Waals surface area contributed by atoms with Crippen LogP contribution in [-0.2, 0) is 0 Å². The van der Waals surface area contributed by atoms with Gasteiger partial charge < -0.3 is 15.8 Å². The third kappa shape index (κ3) is 2.67. The SMILES string of the molecule is COc1nc(N)nc2c1N=C(c1ccc(C)cc1)c1ccccc1N2. The predicted molar refractivity (Wildman–Crippen MR) is 99.2 cm³/mol. The van der Waals surface area contributed by atoms with Crippen LogP contribution in [0.15, 0.2) is 53.5 Å². The largest absolute Gasteiger partial charge is 0.479 e. The molecule has 1 aliphatic heterocycles. The highest BCUT2D eigenvalue weighted by atomic mass is 16.5. The number of aromatic nitrogens is 2. The van der Waals surface area contributed by atoms with Crippen LogP contribution in [0.25, 0.3) is 0 Å². The Balaban J connectivity index is 2.01. The molecule has 0 atom stereocenters. The fourth-order valence-electron chi connectivity index (χ4n) is 2.81. The van der Waals surface area contributed by atoms with Crippen molar-refractivity contribution < 1.29 is 4.74 Å². The van der Waals surface area contributed by atoms with Crippen LogP contribution in [0.3, 0.4) is 0 Å². The Kier molecular flexibility index (Phi) is 3.57. The van der Waals surface area contributed by atoms with E-state index in [0.29, 0.717) is 17.4 Å². The molecule has 0 spiro atoms. The molecule has 0 bridgehead atoms. The second kappa shape index (κ2) is 5.90. The Labute approximate surface area is 145 Å². The zero-order valence-corrected chi connectivity index (χ0v) is 13.9. The number of aryl methyl sites for hydroxylation is 1. The molecule has 4 rings (SSSR count). The third-order valence-electron chi connectivity index (χ3n) is 4.05. The van der Waals surface area contributed by atoms with Gasteiger partial charge >= 0.3 is 0 Å². The normalized spacial score (nSPS) is 12.3. The molecule has 6 heteroatoms. The minimum absolute atomic E-state index is 0.134. The molecule has 0 saturated heterocycles. The van der Waals surface area contributed by atoms with Crippen LogP contribution in [0.5, 0.6) is 5.88 Å². The molecule has 0 aliphatic carbocycles. The van der Waals surface area contributed by atoms with Crippen molar-refractivity contribution in [3.05, 3.63) is 65.2 Å². The van der Waals surface area contributed by atoms with Gasteiger partial charge in [0.25, 0.3) is 0 Å². The average molecular weight is 331 g/mol. The number of nitrogens with zero attached hydrogens (tertiary/aromatic N) is 3. The van der Waals surface area contributed by atoms with Gasteiger partial charge in [0.05, 0.1) is 12.8 Å². The first kappa shape index (κ1) is 15.1. The highest BCUT2D eigenvalue weighted by Gasteiger charge is 2.22. The monoisotopic (exact) mass is 331 g/mol. The molecular weight excluding hydrogens is 314 g/mol. The number of para-hydroxylation sites is 1. The predicted octanol–water partition coefficient (Wildman–Crippen LogP) is 3.60. The summed E-state index contributed by atoms with van der Waals surface area (Å²) in [6.07, 6.45) is 0. The lowest BCUT2D eigenvalue weighted by Gasteiger charge is -2.10. The summed E-state index contributed by atoms with van der Waals surface area (Å²) in [5.74, 6) is 1.00. The van der Waals surface area contributed by atoms with Gasteiger partial charge in [0, 0.05) is 16.8 Å². The van der Waals surface area contributed by atoms with E-state index in [-0.39, 0.29) is 5.95 Å². The van der Waals surface area contributed by atoms with E-state index in [1.54, 1.807) is 7.11 Å². The van der Waals surface area contributed by atoms with Gasteiger partial charge in [-0.1, -0.05) is 48.0 Å². The number of methoxy groups -OCH3 is 1. The molecule has 0 radical (unpaired) electrons. The molecule has 0 unspecified atom stereocenters. The molecule has 1 aliphatic rings. The van der Waals surface area contributed by atoms with Crippen molar-refractivity contribution in [2.45, 2.75) is 6.92 Å². The van der Waals surface area contributed by atoms with Crippen LogP contribution < -0.4 is 15.8 Å². The maximum absolute atomic E-state index is 5.80. The van der Waals surface area contributed by atoms with Gasteiger partial charge in [-0.05, 0) is 13.0 Å². The summed E-state index contributed by atoms with van der Waals surface area (Å²) >= 11 is 0. The van der Waals surface area contributed by atoms with E-state index >= 15 is 0 Å². The van der Waals surface area contributed by atoms with Gasteiger partial charge in [-0.25, -0.2) is 4.99 Å². The zero-order valence-electron chi connectivity index (χ0n) is 13.9. The van der Waals surface area contributed by atoms with Gasteiger partial charge in [-0.3, -0.25) is 0 Å². The summed E-state index contributed by atoms with van der Waals surface area (Å²) in [5.41, 5.74) is 11.2. The first-order valence-electron chi connectivity index (χ1n) is 7.89. The van der Waals surface area contributed by atoms with E-state index in [1.165, 1.54) is 5.56 Å². The van der Waals surface area contributed by atoms with Crippen molar-refractivity contribution in [2.24, 2.45) is 4.99 Å². The fraction of sp³-hybridized carbons (Fsp3) is 0.105. The minimum Gasteiger partial charge on any atom is -0.479 e. The van der Waals surface area contributed by atoms with Crippen LogP contribution in [0.2, 0.25) is 0 Å². The van der Waals surface area contributed by atoms with E-state index in [2.05, 4.69) is 46.5 Å². The standard InChI is InChI=1S/C19H17N5O/c1-11-7-9-12(10-8-11)15-13-5-3-4-6-14(13)21-17-16(22-15)18(25-2)24-19(20)23-17/h3-10H,1-2H3,(H3,20,21,23,24). The average Bonchev–Trinajstić information content (AvgIpc) is 2.78. The lowest BCUT2D eigenvalue weighted by atomic mass is 10.00. The van der Waals surface area contributed by atoms with Crippen LogP contribution in [0.1, 0.15) is 16.7 Å². The Morgan fingerprint density at radius 1 is 1.00 bits per heavy atom. The number of hydrogen-bond acceptors (Lipinski definition) is 6. The molecule has 2 heterocycles. The number of ether oxygens (including phenoxy) is 1. The van der Waals surface area contributed by atoms with Crippen LogP contribution >= 0.6 is 0 Å². The molecule has 3 aromatic rings. The molecule has 6 nitrogen and oxygen atoms in total. The van der Waals surface area contributed by atoms with Gasteiger partial charge in [0.15, 0.2) is 11.5 Å². The van der Waals surface area contributed by atoms with Crippen molar-refractivity contribution in [3.63, 3.8) is 0 Å². The van der Waals surface area contributed by atoms with Crippen molar-refractivity contribution >= 4 is 28.9 Å². The Morgan fingerprint density at radius 3 is 2.52 bits per heavy atom. The van der Waals surface area contributed by atoms with Crippen molar-refractivity contribution in [3.8, 4) is 5.88 Å². The number of benzene rings is 2. The van der Waals surface area contributed by atoms with Crippen molar-refractivity contribution in [1.29, 1.82) is 0 Å². The molecule has 2 aromatic carbocycles. The van der Waals surface area contributed by atoms with Crippen LogP contribution in [0.4, 0.5) is 23.1 Å². The summed E-state index contributed by atoms with van der Waals surface area (Å²) in [6, 6.07) is 16.2. The van der Waals surface area contributed by atoms with E-state index in [0.717, 1.165) is 22.5 Å². The third-order valence-corrected chi connectivity index (χ3v) is 4.05. The summed E-state index contributed by atoms with van der Waals surface area (Å²) in [6.45, 7) is 2.06. The molecule has 0 saturated carbocycles. The summed E-state index contributed by atoms with van der Waals surface area (Å²) in [4.78, 5) is 13.3. The Hall–Kier alpha value is -3.41. The molecule has 1 aromatic heterocycles. The second-order valence-electron chi connectivity index (χ2n) is 5.79. The van der Waals surface area contributed by atoms with Crippen molar-refractivity contribution in [1.82, 2.24) is 9.97 Å². The number of aliphatic imine (C=N–C) groups is 1. The summed E-state index contributed by atoms with van der Waals surface area (Å²) < 4.78 is 5.37. The van der Waals surface area contributed by atoms with Gasteiger partial charge in [-0.2, -0.15) is 9.97 Å². The quantitative estimate of drug-likeness (QED) is 0.586. The lowest BCUT2D eigenvalue weighted by Crippen LogP contribution is -2.04. The maximum Gasteiger partial charge on any atom is 0.246 e. The number of nitrogen functional groups attached to an aromatic ring is 1. The number of hydrogen-bond donors (Lipinski definition) is 2. The Morgan fingerprint density at radius 2 is 1.76 bits per heavy atom. The number of fused-ring (bicyclic) bond motifs is 2. The number of nitrogens with two attached hydrogens (primary N) is 1. The Bertz CT molecular complexity index is 980. The van der Waals surface area contributed by atoms with Gasteiger partial charge in [0.1, 0.15) is 0 Å². The lowest BCUT2D eigenvalue weighted by molar-refractivity contribution is 0.399. The van der Waals surface area contributed by atoms with E-state index in [9.17, 15) is 0 Å². The minimum atomic E-state index is 0.134. The number of nitrogens with one attached hydrogen (secondary N) is 1. The van der Waals surface area contributed by atoms with E-state index in [1.807, 2.05) is 24.3 Å². The highest BCUT2D eigenvalue weighted by molar-refractivity contribution is 6.18. The summed E-state index contributed by atoms with van der Waals surface area (Å²) in [5, 5.41) is 3.30. The fourth-order valence-corrected chi connectivity index (χ4v) is 2.81. The first-order valence-corrected chi connectivity index (χ1v) is 7.89. The molecule has 3 N–H and O–H groups in total. The molecule has 124 valence electrons. The number of rotatable bonds is 2. The summed E-state index contributed by atoms with van der Waals surface area (Å²) in [7, 11) is 1.54. The smallest absolute Gasteiger partial charge is 0.246 e.